The van der Waals surface area contributed by atoms with Gasteiger partial charge in [-0.2, -0.15) is 5.10 Å². The van der Waals surface area contributed by atoms with E-state index in [9.17, 15) is 4.79 Å². The third kappa shape index (κ3) is 3.39. The maximum Gasteiger partial charge on any atom is 0.272 e. The molecule has 6 heteroatoms. The summed E-state index contributed by atoms with van der Waals surface area (Å²) in [6, 6.07) is 12.9. The quantitative estimate of drug-likeness (QED) is 0.494. The van der Waals surface area contributed by atoms with Crippen LogP contribution in [0.4, 0.5) is 0 Å². The first kappa shape index (κ1) is 16.0. The summed E-state index contributed by atoms with van der Waals surface area (Å²) in [6.07, 6.45) is 0. The minimum Gasteiger partial charge on any atom is -0.267 e. The molecule has 0 spiro atoms. The monoisotopic (exact) mass is 362 g/mol. The lowest BCUT2D eigenvalue weighted by Gasteiger charge is -2.05. The van der Waals surface area contributed by atoms with E-state index in [4.69, 9.17) is 23.2 Å². The molecular weight excluding hydrogens is 351 g/mol. The number of carbonyl (C=O) groups excluding carboxylic acids is 1. The Kier molecular flexibility index (Phi) is 4.66. The van der Waals surface area contributed by atoms with Gasteiger partial charge in [0.1, 0.15) is 0 Å². The van der Waals surface area contributed by atoms with Gasteiger partial charge >= 0.3 is 0 Å². The normalized spacial score (nSPS) is 11.7. The molecule has 23 heavy (non-hydrogen) atoms. The summed E-state index contributed by atoms with van der Waals surface area (Å²) in [5.41, 5.74) is 4.46. The molecule has 0 radical (unpaired) electrons. The Balaban J connectivity index is 1.84. The second-order valence-corrected chi connectivity index (χ2v) is 6.66. The Morgan fingerprint density at radius 1 is 1.13 bits per heavy atom. The highest BCUT2D eigenvalue weighted by atomic mass is 35.5. The zero-order valence-corrected chi connectivity index (χ0v) is 14.5. The third-order valence-electron chi connectivity index (χ3n) is 3.37. The van der Waals surface area contributed by atoms with Gasteiger partial charge in [0, 0.05) is 31.1 Å². The summed E-state index contributed by atoms with van der Waals surface area (Å²) < 4.78 is 1.07. The minimum absolute atomic E-state index is 0.250. The molecule has 0 aliphatic rings. The fourth-order valence-corrected chi connectivity index (χ4v) is 3.55. The molecule has 3 nitrogen and oxygen atoms in total. The molecule has 116 valence electrons. The molecule has 0 atom stereocenters. The first-order chi connectivity index (χ1) is 11.1. The number of amides is 1. The van der Waals surface area contributed by atoms with Gasteiger partial charge in [-0.05, 0) is 31.2 Å². The number of halogens is 2. The molecule has 1 heterocycles. The highest BCUT2D eigenvalue weighted by Gasteiger charge is 2.12. The number of nitrogens with zero attached hydrogens (tertiary/aromatic N) is 1. The number of hydrogen-bond donors (Lipinski definition) is 1. The minimum atomic E-state index is -0.250. The number of rotatable bonds is 3. The van der Waals surface area contributed by atoms with Crippen molar-refractivity contribution in [2.45, 2.75) is 6.92 Å². The van der Waals surface area contributed by atoms with Gasteiger partial charge in [0.15, 0.2) is 0 Å². The number of benzene rings is 2. The van der Waals surface area contributed by atoms with Gasteiger partial charge < -0.3 is 0 Å². The number of hydrogen-bond acceptors (Lipinski definition) is 3. The van der Waals surface area contributed by atoms with Gasteiger partial charge in [-0.25, -0.2) is 5.43 Å². The molecule has 3 aromatic rings. The van der Waals surface area contributed by atoms with Crippen LogP contribution in [0.15, 0.2) is 52.9 Å². The summed E-state index contributed by atoms with van der Waals surface area (Å²) in [4.78, 5) is 12.3. The summed E-state index contributed by atoms with van der Waals surface area (Å²) in [5.74, 6) is -0.250. The fourth-order valence-electron chi connectivity index (χ4n) is 2.18. The number of thiophene rings is 1. The van der Waals surface area contributed by atoms with Crippen LogP contribution in [-0.2, 0) is 0 Å². The number of carbonyl (C=O) groups is 1. The molecule has 1 amide bonds. The Morgan fingerprint density at radius 2 is 1.91 bits per heavy atom. The maximum absolute atomic E-state index is 12.3. The summed E-state index contributed by atoms with van der Waals surface area (Å²) in [5, 5.41) is 7.99. The second-order valence-electron chi connectivity index (χ2n) is 4.91. The lowest BCUT2D eigenvalue weighted by molar-refractivity contribution is 0.0957. The largest absolute Gasteiger partial charge is 0.272 e. The van der Waals surface area contributed by atoms with Crippen LogP contribution in [0.2, 0.25) is 10.0 Å². The van der Waals surface area contributed by atoms with E-state index in [1.807, 2.05) is 29.6 Å². The number of fused-ring (bicyclic) bond motifs is 1. The topological polar surface area (TPSA) is 41.5 Å². The maximum atomic E-state index is 12.3. The molecule has 2 aromatic carbocycles. The van der Waals surface area contributed by atoms with Gasteiger partial charge in [-0.15, -0.1) is 11.3 Å². The lowest BCUT2D eigenvalue weighted by Crippen LogP contribution is -2.19. The average Bonchev–Trinajstić information content (AvgIpc) is 2.98. The Bertz CT molecular complexity index is 918. The standard InChI is InChI=1S/C17H12Cl2N2OS/c1-10(13-8-11(18)6-7-15(13)19)20-21-17(22)14-9-23-16-5-3-2-4-12(14)16/h2-9H,1H3,(H,21,22)/b20-10-. The lowest BCUT2D eigenvalue weighted by atomic mass is 10.1. The van der Waals surface area contributed by atoms with Crippen molar-refractivity contribution >= 4 is 56.2 Å². The van der Waals surface area contributed by atoms with E-state index < -0.39 is 0 Å². The SMILES string of the molecule is C/C(=N/NC(=O)c1csc2ccccc12)c1cc(Cl)ccc1Cl. The van der Waals surface area contributed by atoms with E-state index in [2.05, 4.69) is 10.5 Å². The zero-order valence-electron chi connectivity index (χ0n) is 12.1. The molecule has 1 aromatic heterocycles. The third-order valence-corrected chi connectivity index (χ3v) is 4.90. The van der Waals surface area contributed by atoms with E-state index in [1.165, 1.54) is 11.3 Å². The molecule has 1 N–H and O–H groups in total. The first-order valence-corrected chi connectivity index (χ1v) is 8.46. The Labute approximate surface area is 147 Å². The highest BCUT2D eigenvalue weighted by Crippen LogP contribution is 2.25. The van der Waals surface area contributed by atoms with Crippen molar-refractivity contribution in [2.75, 3.05) is 0 Å². The van der Waals surface area contributed by atoms with Gasteiger partial charge in [0.05, 0.1) is 11.3 Å². The van der Waals surface area contributed by atoms with Crippen molar-refractivity contribution in [3.63, 3.8) is 0 Å². The molecule has 0 saturated carbocycles. The van der Waals surface area contributed by atoms with Crippen LogP contribution in [0.25, 0.3) is 10.1 Å². The summed E-state index contributed by atoms with van der Waals surface area (Å²) in [6.45, 7) is 1.77. The van der Waals surface area contributed by atoms with Crippen molar-refractivity contribution < 1.29 is 4.79 Å². The van der Waals surface area contributed by atoms with Crippen LogP contribution in [0, 0.1) is 0 Å². The van der Waals surface area contributed by atoms with Crippen LogP contribution in [0.3, 0.4) is 0 Å². The van der Waals surface area contributed by atoms with Crippen molar-refractivity contribution in [2.24, 2.45) is 5.10 Å². The summed E-state index contributed by atoms with van der Waals surface area (Å²) >= 11 is 13.6. The van der Waals surface area contributed by atoms with Crippen LogP contribution in [0.1, 0.15) is 22.8 Å². The molecule has 3 rings (SSSR count). The van der Waals surface area contributed by atoms with Gasteiger partial charge in [-0.3, -0.25) is 4.79 Å². The Hall–Kier alpha value is -1.88. The van der Waals surface area contributed by atoms with Crippen molar-refractivity contribution in [1.82, 2.24) is 5.43 Å². The fraction of sp³-hybridized carbons (Fsp3) is 0.0588. The van der Waals surface area contributed by atoms with Crippen LogP contribution in [-0.4, -0.2) is 11.6 Å². The van der Waals surface area contributed by atoms with E-state index >= 15 is 0 Å². The van der Waals surface area contributed by atoms with Gasteiger partial charge in [0.25, 0.3) is 5.91 Å². The number of nitrogens with one attached hydrogen (secondary N) is 1. The smallest absolute Gasteiger partial charge is 0.267 e. The summed E-state index contributed by atoms with van der Waals surface area (Å²) in [7, 11) is 0. The predicted molar refractivity (Wildman–Crippen MR) is 98.0 cm³/mol. The van der Waals surface area contributed by atoms with Gasteiger partial charge in [-0.1, -0.05) is 41.4 Å². The van der Waals surface area contributed by atoms with Crippen molar-refractivity contribution in [3.8, 4) is 0 Å². The average molecular weight is 363 g/mol. The zero-order chi connectivity index (χ0) is 16.4. The molecule has 0 saturated heterocycles. The van der Waals surface area contributed by atoms with Crippen LogP contribution >= 0.6 is 34.5 Å². The van der Waals surface area contributed by atoms with Crippen molar-refractivity contribution in [1.29, 1.82) is 0 Å². The molecule has 0 aliphatic heterocycles. The number of hydrazone groups is 1. The van der Waals surface area contributed by atoms with Gasteiger partial charge in [0.2, 0.25) is 0 Å². The molecule has 0 unspecified atom stereocenters. The van der Waals surface area contributed by atoms with Crippen LogP contribution < -0.4 is 5.43 Å². The Morgan fingerprint density at radius 3 is 2.74 bits per heavy atom. The van der Waals surface area contributed by atoms with E-state index in [1.54, 1.807) is 25.1 Å². The molecule has 0 aliphatic carbocycles. The second kappa shape index (κ2) is 6.71. The first-order valence-electron chi connectivity index (χ1n) is 6.82. The van der Waals surface area contributed by atoms with Crippen molar-refractivity contribution in [3.05, 3.63) is 69.0 Å². The predicted octanol–water partition coefficient (Wildman–Crippen LogP) is 5.36. The van der Waals surface area contributed by atoms with Crippen LogP contribution in [0.5, 0.6) is 0 Å². The van der Waals surface area contributed by atoms with E-state index in [0.717, 1.165) is 10.1 Å². The van der Waals surface area contributed by atoms with E-state index in [0.29, 0.717) is 26.9 Å². The molecule has 0 fully saturated rings. The van der Waals surface area contributed by atoms with E-state index in [-0.39, 0.29) is 5.91 Å². The molecular formula is C17H12Cl2N2OS. The highest BCUT2D eigenvalue weighted by molar-refractivity contribution is 7.17. The molecule has 0 bridgehead atoms.